The molecule has 1 heterocycles. The first-order valence-electron chi connectivity index (χ1n) is 5.24. The largest absolute Gasteiger partial charge is 0.352 e. The maximum Gasteiger partial charge on any atom is 0.261 e. The Kier molecular flexibility index (Phi) is 4.98. The monoisotopic (exact) mass is 240 g/mol. The Balaban J connectivity index is 2.29. The van der Waals surface area contributed by atoms with Gasteiger partial charge in [0.2, 0.25) is 5.91 Å². The quantitative estimate of drug-likeness (QED) is 0.817. The molecule has 1 rings (SSSR count). The second-order valence-corrected chi connectivity index (χ2v) is 4.48. The van der Waals surface area contributed by atoms with E-state index in [1.807, 2.05) is 19.2 Å². The Morgan fingerprint density at radius 1 is 1.50 bits per heavy atom. The fourth-order valence-electron chi connectivity index (χ4n) is 1.08. The van der Waals surface area contributed by atoms with Crippen molar-refractivity contribution in [1.82, 2.24) is 10.6 Å². The molecule has 0 fully saturated rings. The molecule has 2 N–H and O–H groups in total. The second kappa shape index (κ2) is 6.27. The van der Waals surface area contributed by atoms with Gasteiger partial charge >= 0.3 is 0 Å². The van der Waals surface area contributed by atoms with Crippen molar-refractivity contribution in [2.24, 2.45) is 0 Å². The zero-order chi connectivity index (χ0) is 12.0. The van der Waals surface area contributed by atoms with Crippen LogP contribution in [0.5, 0.6) is 0 Å². The molecule has 1 atom stereocenters. The third-order valence-corrected chi connectivity index (χ3v) is 3.04. The van der Waals surface area contributed by atoms with Gasteiger partial charge in [-0.15, -0.1) is 11.3 Å². The van der Waals surface area contributed by atoms with E-state index in [0.29, 0.717) is 4.88 Å². The summed E-state index contributed by atoms with van der Waals surface area (Å²) in [4.78, 5) is 23.5. The van der Waals surface area contributed by atoms with Crippen molar-refractivity contribution in [2.45, 2.75) is 26.3 Å². The molecule has 1 aromatic heterocycles. The molecule has 0 aliphatic carbocycles. The van der Waals surface area contributed by atoms with Crippen molar-refractivity contribution in [3.63, 3.8) is 0 Å². The Morgan fingerprint density at radius 2 is 2.25 bits per heavy atom. The third kappa shape index (κ3) is 4.02. The van der Waals surface area contributed by atoms with E-state index in [9.17, 15) is 9.59 Å². The van der Waals surface area contributed by atoms with Gasteiger partial charge in [-0.2, -0.15) is 0 Å². The average molecular weight is 240 g/mol. The van der Waals surface area contributed by atoms with E-state index in [1.54, 1.807) is 12.1 Å². The predicted molar refractivity (Wildman–Crippen MR) is 64.5 cm³/mol. The van der Waals surface area contributed by atoms with Crippen LogP contribution in [0.15, 0.2) is 17.5 Å². The molecule has 0 aliphatic heterocycles. The summed E-state index contributed by atoms with van der Waals surface area (Å²) < 4.78 is 0. The van der Waals surface area contributed by atoms with Crippen molar-refractivity contribution in [1.29, 1.82) is 0 Å². The Bertz CT molecular complexity index is 349. The lowest BCUT2D eigenvalue weighted by Crippen LogP contribution is -2.40. The van der Waals surface area contributed by atoms with Crippen LogP contribution in [-0.2, 0) is 4.79 Å². The highest BCUT2D eigenvalue weighted by atomic mass is 32.1. The van der Waals surface area contributed by atoms with Gasteiger partial charge in [0.05, 0.1) is 11.4 Å². The molecular formula is C11H16N2O2S. The summed E-state index contributed by atoms with van der Waals surface area (Å²) in [6.45, 7) is 3.95. The van der Waals surface area contributed by atoms with E-state index >= 15 is 0 Å². The molecule has 0 radical (unpaired) electrons. The SMILES string of the molecule is CCC(C)NC(=O)CNC(=O)c1cccs1. The molecule has 4 nitrogen and oxygen atoms in total. The third-order valence-electron chi connectivity index (χ3n) is 2.17. The van der Waals surface area contributed by atoms with Crippen LogP contribution in [0, 0.1) is 0 Å². The first-order chi connectivity index (χ1) is 7.63. The highest BCUT2D eigenvalue weighted by molar-refractivity contribution is 7.12. The molecule has 0 bridgehead atoms. The molecular weight excluding hydrogens is 224 g/mol. The number of hydrogen-bond acceptors (Lipinski definition) is 3. The maximum absolute atomic E-state index is 11.5. The number of carbonyl (C=O) groups is 2. The molecule has 0 spiro atoms. The van der Waals surface area contributed by atoms with Gasteiger partial charge < -0.3 is 10.6 Å². The van der Waals surface area contributed by atoms with Crippen LogP contribution < -0.4 is 10.6 Å². The summed E-state index contributed by atoms with van der Waals surface area (Å²) in [6.07, 6.45) is 0.880. The van der Waals surface area contributed by atoms with Gasteiger partial charge in [0.25, 0.3) is 5.91 Å². The van der Waals surface area contributed by atoms with Crippen LogP contribution in [-0.4, -0.2) is 24.4 Å². The lowest BCUT2D eigenvalue weighted by molar-refractivity contribution is -0.120. The van der Waals surface area contributed by atoms with Gasteiger partial charge in [0.15, 0.2) is 0 Å². The summed E-state index contributed by atoms with van der Waals surface area (Å²) in [5.41, 5.74) is 0. The Morgan fingerprint density at radius 3 is 2.81 bits per heavy atom. The van der Waals surface area contributed by atoms with Crippen LogP contribution in [0.2, 0.25) is 0 Å². The molecule has 1 aromatic rings. The molecule has 0 saturated heterocycles. The molecule has 0 saturated carbocycles. The van der Waals surface area contributed by atoms with E-state index in [2.05, 4.69) is 10.6 Å². The van der Waals surface area contributed by atoms with E-state index in [-0.39, 0.29) is 24.4 Å². The molecule has 88 valence electrons. The fourth-order valence-corrected chi connectivity index (χ4v) is 1.72. The molecule has 2 amide bonds. The smallest absolute Gasteiger partial charge is 0.261 e. The number of amides is 2. The van der Waals surface area contributed by atoms with Gasteiger partial charge in [0.1, 0.15) is 0 Å². The lowest BCUT2D eigenvalue weighted by Gasteiger charge is -2.11. The van der Waals surface area contributed by atoms with Crippen LogP contribution in [0.4, 0.5) is 0 Å². The average Bonchev–Trinajstić information content (AvgIpc) is 2.79. The molecule has 1 unspecified atom stereocenters. The van der Waals surface area contributed by atoms with Crippen LogP contribution >= 0.6 is 11.3 Å². The summed E-state index contributed by atoms with van der Waals surface area (Å²) in [6, 6.07) is 3.68. The normalized spacial score (nSPS) is 11.9. The second-order valence-electron chi connectivity index (χ2n) is 3.54. The maximum atomic E-state index is 11.5. The number of rotatable bonds is 5. The van der Waals surface area contributed by atoms with E-state index < -0.39 is 0 Å². The highest BCUT2D eigenvalue weighted by Gasteiger charge is 2.09. The molecule has 16 heavy (non-hydrogen) atoms. The first kappa shape index (κ1) is 12.7. The van der Waals surface area contributed by atoms with Crippen molar-refractivity contribution in [2.75, 3.05) is 6.54 Å². The molecule has 0 aliphatic rings. The minimum Gasteiger partial charge on any atom is -0.352 e. The van der Waals surface area contributed by atoms with Gasteiger partial charge in [-0.05, 0) is 24.8 Å². The predicted octanol–water partition coefficient (Wildman–Crippen LogP) is 1.39. The zero-order valence-electron chi connectivity index (χ0n) is 9.45. The van der Waals surface area contributed by atoms with Gasteiger partial charge in [-0.1, -0.05) is 13.0 Å². The number of thiophene rings is 1. The van der Waals surface area contributed by atoms with E-state index in [4.69, 9.17) is 0 Å². The lowest BCUT2D eigenvalue weighted by atomic mass is 10.2. The minimum absolute atomic E-state index is 0.0288. The Hall–Kier alpha value is -1.36. The van der Waals surface area contributed by atoms with Crippen LogP contribution in [0.25, 0.3) is 0 Å². The first-order valence-corrected chi connectivity index (χ1v) is 6.12. The van der Waals surface area contributed by atoms with Gasteiger partial charge in [0, 0.05) is 6.04 Å². The number of carbonyl (C=O) groups excluding carboxylic acids is 2. The number of nitrogens with one attached hydrogen (secondary N) is 2. The summed E-state index contributed by atoms with van der Waals surface area (Å²) in [5.74, 6) is -0.353. The van der Waals surface area contributed by atoms with Crippen molar-refractivity contribution < 1.29 is 9.59 Å². The Labute approximate surface area is 99.0 Å². The van der Waals surface area contributed by atoms with Crippen molar-refractivity contribution in [3.05, 3.63) is 22.4 Å². The summed E-state index contributed by atoms with van der Waals surface area (Å²) >= 11 is 1.36. The topological polar surface area (TPSA) is 58.2 Å². The van der Waals surface area contributed by atoms with Crippen molar-refractivity contribution >= 4 is 23.2 Å². The number of hydrogen-bond donors (Lipinski definition) is 2. The zero-order valence-corrected chi connectivity index (χ0v) is 10.3. The summed E-state index contributed by atoms with van der Waals surface area (Å²) in [5, 5.41) is 7.18. The molecule has 0 aromatic carbocycles. The van der Waals surface area contributed by atoms with E-state index in [0.717, 1.165) is 6.42 Å². The molecule has 5 heteroatoms. The van der Waals surface area contributed by atoms with Crippen molar-refractivity contribution in [3.8, 4) is 0 Å². The fraction of sp³-hybridized carbons (Fsp3) is 0.455. The van der Waals surface area contributed by atoms with Gasteiger partial charge in [-0.25, -0.2) is 0 Å². The van der Waals surface area contributed by atoms with Gasteiger partial charge in [-0.3, -0.25) is 9.59 Å². The van der Waals surface area contributed by atoms with Crippen LogP contribution in [0.1, 0.15) is 29.9 Å². The van der Waals surface area contributed by atoms with Crippen LogP contribution in [0.3, 0.4) is 0 Å². The summed E-state index contributed by atoms with van der Waals surface area (Å²) in [7, 11) is 0. The highest BCUT2D eigenvalue weighted by Crippen LogP contribution is 2.07. The standard InChI is InChI=1S/C11H16N2O2S/c1-3-8(2)13-10(14)7-12-11(15)9-5-4-6-16-9/h4-6,8H,3,7H2,1-2H3,(H,12,15)(H,13,14). The minimum atomic E-state index is -0.200. The van der Waals surface area contributed by atoms with E-state index in [1.165, 1.54) is 11.3 Å².